The van der Waals surface area contributed by atoms with Gasteiger partial charge in [-0.1, -0.05) is 0 Å². The van der Waals surface area contributed by atoms with Gasteiger partial charge in [0, 0.05) is 0 Å². The predicted octanol–water partition coefficient (Wildman–Crippen LogP) is -3.58. The standard InChI is InChI=1S/C4H12O7P2.Li/c1-3-11-13(9,10)4(2,5)12(6,7)8;/h5H,3H2,1-2H3,(H,9,10)(H2,6,7,8);/q;+1/p-1. The van der Waals surface area contributed by atoms with E-state index < -0.39 is 20.3 Å². The van der Waals surface area contributed by atoms with E-state index in [0.717, 1.165) is 0 Å². The van der Waals surface area contributed by atoms with E-state index >= 15 is 0 Å². The quantitative estimate of drug-likeness (QED) is 0.342. The molecule has 0 fully saturated rings. The van der Waals surface area contributed by atoms with Gasteiger partial charge in [-0.25, -0.2) is 0 Å². The average molecular weight is 240 g/mol. The summed E-state index contributed by atoms with van der Waals surface area (Å²) in [6.07, 6.45) is 0. The Labute approximate surface area is 93.3 Å². The molecule has 0 aromatic carbocycles. The first-order valence-electron chi connectivity index (χ1n) is 3.30. The molecule has 0 radical (unpaired) electrons. The Balaban J connectivity index is 0. The van der Waals surface area contributed by atoms with Crippen molar-refractivity contribution < 1.29 is 52.3 Å². The van der Waals surface area contributed by atoms with E-state index in [9.17, 15) is 14.0 Å². The third-order valence-electron chi connectivity index (χ3n) is 1.37. The number of hydrogen-bond donors (Lipinski definition) is 3. The fraction of sp³-hybridized carbons (Fsp3) is 1.00. The van der Waals surface area contributed by atoms with Crippen LogP contribution in [-0.2, 0) is 13.7 Å². The van der Waals surface area contributed by atoms with E-state index in [1.54, 1.807) is 0 Å². The molecule has 80 valence electrons. The number of rotatable bonds is 4. The van der Waals surface area contributed by atoms with Gasteiger partial charge in [-0.15, -0.1) is 0 Å². The Kier molecular flexibility index (Phi) is 6.49. The van der Waals surface area contributed by atoms with Crippen LogP contribution < -0.4 is 23.8 Å². The van der Waals surface area contributed by atoms with Gasteiger partial charge >= 0.3 is 26.5 Å². The van der Waals surface area contributed by atoms with Crippen LogP contribution in [0.25, 0.3) is 0 Å². The van der Waals surface area contributed by atoms with Crippen molar-refractivity contribution in [2.45, 2.75) is 18.9 Å². The first kappa shape index (κ1) is 17.3. The second-order valence-electron chi connectivity index (χ2n) is 2.43. The fourth-order valence-electron chi connectivity index (χ4n) is 0.452. The summed E-state index contributed by atoms with van der Waals surface area (Å²) in [6, 6.07) is 0. The van der Waals surface area contributed by atoms with Crippen molar-refractivity contribution >= 4 is 15.2 Å². The summed E-state index contributed by atoms with van der Waals surface area (Å²) in [5, 5.41) is 5.88. The molecule has 3 N–H and O–H groups in total. The van der Waals surface area contributed by atoms with Gasteiger partial charge in [-0.05, 0) is 13.8 Å². The van der Waals surface area contributed by atoms with Crippen LogP contribution in [-0.4, -0.2) is 26.6 Å². The van der Waals surface area contributed by atoms with E-state index in [-0.39, 0.29) is 25.5 Å². The van der Waals surface area contributed by atoms with Crippen molar-refractivity contribution in [3.63, 3.8) is 0 Å². The van der Waals surface area contributed by atoms with Gasteiger partial charge < -0.3 is 28.9 Å². The van der Waals surface area contributed by atoms with Crippen molar-refractivity contribution in [2.75, 3.05) is 6.61 Å². The number of hydrogen-bond acceptors (Lipinski definition) is 5. The molecule has 0 aromatic rings. The molecule has 0 saturated carbocycles. The second-order valence-corrected chi connectivity index (χ2v) is 6.87. The molecule has 0 saturated heterocycles. The summed E-state index contributed by atoms with van der Waals surface area (Å²) in [7, 11) is -10.1. The monoisotopic (exact) mass is 240 g/mol. The largest absolute Gasteiger partial charge is 1.00 e. The third kappa shape index (κ3) is 3.46. The first-order chi connectivity index (χ1) is 5.56. The smallest absolute Gasteiger partial charge is 0.776 e. The fourth-order valence-corrected chi connectivity index (χ4v) is 2.49. The van der Waals surface area contributed by atoms with Crippen LogP contribution in [0, 0.1) is 0 Å². The van der Waals surface area contributed by atoms with Crippen LogP contribution in [0.4, 0.5) is 0 Å². The van der Waals surface area contributed by atoms with Gasteiger partial charge in [-0.2, -0.15) is 0 Å². The molecule has 0 bridgehead atoms. The molecule has 2 unspecified atom stereocenters. The summed E-state index contributed by atoms with van der Waals surface area (Å²) in [4.78, 5) is 28.0. The van der Waals surface area contributed by atoms with Crippen LogP contribution in [0.3, 0.4) is 0 Å². The van der Waals surface area contributed by atoms with Gasteiger partial charge in [0.25, 0.3) is 0 Å². The van der Waals surface area contributed by atoms with Crippen molar-refractivity contribution in [1.82, 2.24) is 0 Å². The predicted molar refractivity (Wildman–Crippen MR) is 41.9 cm³/mol. The molecule has 10 heteroatoms. The molecule has 2 atom stereocenters. The molecule has 7 nitrogen and oxygen atoms in total. The zero-order chi connectivity index (χ0) is 10.9. The maximum absolute atomic E-state index is 11.0. The van der Waals surface area contributed by atoms with Crippen LogP contribution in [0.2, 0.25) is 0 Å². The summed E-state index contributed by atoms with van der Waals surface area (Å²) in [5.74, 6) is 0. The van der Waals surface area contributed by atoms with Gasteiger partial charge in [0.15, 0.2) is 7.60 Å². The molecule has 14 heavy (non-hydrogen) atoms. The van der Waals surface area contributed by atoms with E-state index in [1.165, 1.54) is 6.92 Å². The molecule has 0 aliphatic heterocycles. The van der Waals surface area contributed by atoms with E-state index in [1.807, 2.05) is 0 Å². The molecule has 0 spiro atoms. The van der Waals surface area contributed by atoms with Crippen molar-refractivity contribution in [3.8, 4) is 0 Å². The maximum atomic E-state index is 11.0. The Hall–Kier alpha value is 0.857. The molecule has 0 aliphatic rings. The first-order valence-corrected chi connectivity index (χ1v) is 6.45. The van der Waals surface area contributed by atoms with E-state index in [2.05, 4.69) is 4.52 Å². The van der Waals surface area contributed by atoms with E-state index in [4.69, 9.17) is 14.9 Å². The summed E-state index contributed by atoms with van der Waals surface area (Å²) < 4.78 is 25.6. The van der Waals surface area contributed by atoms with Crippen molar-refractivity contribution in [2.24, 2.45) is 0 Å². The van der Waals surface area contributed by atoms with Crippen LogP contribution >= 0.6 is 15.2 Å². The third-order valence-corrected chi connectivity index (χ3v) is 5.63. The molecular weight excluding hydrogens is 229 g/mol. The normalized spacial score (nSPS) is 20.4. The zero-order valence-electron chi connectivity index (χ0n) is 8.08. The molecule has 0 aromatic heterocycles. The van der Waals surface area contributed by atoms with Gasteiger partial charge in [0.2, 0.25) is 5.08 Å². The molecule has 0 aliphatic carbocycles. The molecule has 0 amide bonds. The van der Waals surface area contributed by atoms with Gasteiger partial charge in [-0.3, -0.25) is 4.57 Å². The topological polar surface area (TPSA) is 127 Å². The summed E-state index contributed by atoms with van der Waals surface area (Å²) in [6.45, 7) is 1.52. The average Bonchev–Trinajstić information content (AvgIpc) is 1.84. The van der Waals surface area contributed by atoms with Gasteiger partial charge in [0.05, 0.1) is 6.61 Å². The molecular formula is C4H11LiO7P2. The molecule has 0 rings (SSSR count). The Morgan fingerprint density at radius 1 is 1.43 bits per heavy atom. The van der Waals surface area contributed by atoms with Crippen LogP contribution in [0.5, 0.6) is 0 Å². The van der Waals surface area contributed by atoms with Crippen molar-refractivity contribution in [3.05, 3.63) is 0 Å². The SMILES string of the molecule is CCOP(=O)([O-])C(C)(O)P(=O)(O)O.[Li+]. The summed E-state index contributed by atoms with van der Waals surface area (Å²) >= 11 is 0. The number of aliphatic hydroxyl groups is 1. The Morgan fingerprint density at radius 3 is 2.00 bits per heavy atom. The summed E-state index contributed by atoms with van der Waals surface area (Å²) in [5.41, 5.74) is 0. The van der Waals surface area contributed by atoms with Crippen LogP contribution in [0.1, 0.15) is 13.8 Å². The van der Waals surface area contributed by atoms with E-state index in [0.29, 0.717) is 6.92 Å². The van der Waals surface area contributed by atoms with Crippen LogP contribution in [0.15, 0.2) is 0 Å². The Morgan fingerprint density at radius 2 is 1.79 bits per heavy atom. The van der Waals surface area contributed by atoms with Crippen molar-refractivity contribution in [1.29, 1.82) is 0 Å². The minimum Gasteiger partial charge on any atom is -0.776 e. The Bertz CT molecular complexity index is 271. The van der Waals surface area contributed by atoms with Gasteiger partial charge in [0.1, 0.15) is 0 Å². The minimum absolute atomic E-state index is 0. The molecule has 0 heterocycles. The minimum atomic E-state index is -5.16. The maximum Gasteiger partial charge on any atom is 1.00 e. The second kappa shape index (κ2) is 5.27. The zero-order valence-corrected chi connectivity index (χ0v) is 9.87.